The minimum atomic E-state index is -0.421. The van der Waals surface area contributed by atoms with Gasteiger partial charge in [0.15, 0.2) is 0 Å². The third-order valence-corrected chi connectivity index (χ3v) is 5.45. The summed E-state index contributed by atoms with van der Waals surface area (Å²) in [6, 6.07) is 13.8. The molecule has 1 amide bonds. The van der Waals surface area contributed by atoms with Gasteiger partial charge in [0, 0.05) is 18.2 Å². The molecule has 1 fully saturated rings. The molecule has 1 aromatic heterocycles. The minimum Gasteiger partial charge on any atom is -0.387 e. The van der Waals surface area contributed by atoms with E-state index in [1.165, 1.54) is 5.56 Å². The Morgan fingerprint density at radius 2 is 1.88 bits per heavy atom. The van der Waals surface area contributed by atoms with E-state index in [4.69, 9.17) is 0 Å². The number of hydrogen-bond acceptors (Lipinski definition) is 4. The monoisotopic (exact) mass is 337 g/mol. The number of hydrogen-bond donors (Lipinski definition) is 2. The molecule has 1 aliphatic carbocycles. The Kier molecular flexibility index (Phi) is 4.51. The zero-order valence-electron chi connectivity index (χ0n) is 14.1. The Balaban J connectivity index is 1.34. The van der Waals surface area contributed by atoms with Crippen LogP contribution in [0.4, 0.5) is 5.82 Å². The van der Waals surface area contributed by atoms with Gasteiger partial charge in [-0.15, -0.1) is 0 Å². The Hall–Kier alpha value is -2.24. The number of piperidine rings is 1. The summed E-state index contributed by atoms with van der Waals surface area (Å²) in [7, 11) is 0. The van der Waals surface area contributed by atoms with Gasteiger partial charge in [-0.05, 0) is 55.6 Å². The molecule has 5 nitrogen and oxygen atoms in total. The molecule has 0 unspecified atom stereocenters. The average molecular weight is 337 g/mol. The third-order valence-electron chi connectivity index (χ3n) is 5.45. The Morgan fingerprint density at radius 3 is 2.60 bits per heavy atom. The molecule has 1 aliphatic heterocycles. The van der Waals surface area contributed by atoms with Crippen molar-refractivity contribution in [2.45, 2.75) is 31.4 Å². The summed E-state index contributed by atoms with van der Waals surface area (Å²) in [5.74, 6) is 0.671. The highest BCUT2D eigenvalue weighted by atomic mass is 16.3. The molecular formula is C20H23N3O2. The van der Waals surface area contributed by atoms with Crippen LogP contribution in [0.2, 0.25) is 0 Å². The second kappa shape index (κ2) is 6.94. The molecule has 2 heterocycles. The molecule has 130 valence electrons. The van der Waals surface area contributed by atoms with Crippen molar-refractivity contribution in [1.29, 1.82) is 0 Å². The van der Waals surface area contributed by atoms with E-state index in [1.54, 1.807) is 12.3 Å². The van der Waals surface area contributed by atoms with Gasteiger partial charge in [0.25, 0.3) is 0 Å². The Labute approximate surface area is 147 Å². The average Bonchev–Trinajstić information content (AvgIpc) is 3.00. The molecule has 25 heavy (non-hydrogen) atoms. The van der Waals surface area contributed by atoms with Gasteiger partial charge >= 0.3 is 0 Å². The number of rotatable bonds is 3. The molecule has 0 bridgehead atoms. The largest absolute Gasteiger partial charge is 0.387 e. The van der Waals surface area contributed by atoms with Crippen molar-refractivity contribution >= 4 is 11.7 Å². The van der Waals surface area contributed by atoms with Gasteiger partial charge in [-0.3, -0.25) is 9.69 Å². The van der Waals surface area contributed by atoms with Crippen LogP contribution < -0.4 is 5.32 Å². The van der Waals surface area contributed by atoms with Gasteiger partial charge in [-0.2, -0.15) is 0 Å². The van der Waals surface area contributed by atoms with Crippen LogP contribution in [0, 0.1) is 5.92 Å². The van der Waals surface area contributed by atoms with Crippen LogP contribution >= 0.6 is 0 Å². The Bertz CT molecular complexity index is 742. The first kappa shape index (κ1) is 16.2. The molecule has 4 rings (SSSR count). The standard InChI is InChI=1S/C20H23N3O2/c24-19-16-6-2-1-5-15(16)13-17(19)23-11-8-14(9-12-23)20(25)22-18-7-3-4-10-21-18/h1-7,10,14,17,19,24H,8-9,11-13H2,(H,21,22,25)/t17-,19-/m0/s1. The van der Waals surface area contributed by atoms with E-state index in [0.29, 0.717) is 5.82 Å². The highest BCUT2D eigenvalue weighted by Crippen LogP contribution is 2.36. The summed E-state index contributed by atoms with van der Waals surface area (Å²) in [5.41, 5.74) is 2.30. The summed E-state index contributed by atoms with van der Waals surface area (Å²) in [4.78, 5) is 18.9. The predicted octanol–water partition coefficient (Wildman–Crippen LogP) is 2.39. The van der Waals surface area contributed by atoms with Crippen LogP contribution in [0.1, 0.15) is 30.1 Å². The number of benzene rings is 1. The molecule has 0 radical (unpaired) electrons. The normalized spacial score (nSPS) is 24.0. The smallest absolute Gasteiger partial charge is 0.228 e. The lowest BCUT2D eigenvalue weighted by Gasteiger charge is -2.36. The minimum absolute atomic E-state index is 0.0131. The van der Waals surface area contributed by atoms with Gasteiger partial charge in [0.2, 0.25) is 5.91 Å². The SMILES string of the molecule is O=C(Nc1ccccn1)C1CCN([C@H]2Cc3ccccc3[C@@H]2O)CC1. The fourth-order valence-electron chi connectivity index (χ4n) is 4.04. The van der Waals surface area contributed by atoms with Crippen LogP contribution in [-0.2, 0) is 11.2 Å². The maximum Gasteiger partial charge on any atom is 0.228 e. The molecular weight excluding hydrogens is 314 g/mol. The first-order valence-corrected chi connectivity index (χ1v) is 8.94. The highest BCUT2D eigenvalue weighted by Gasteiger charge is 2.37. The zero-order valence-corrected chi connectivity index (χ0v) is 14.1. The molecule has 0 spiro atoms. The number of aliphatic hydroxyl groups is 1. The first-order valence-electron chi connectivity index (χ1n) is 8.94. The van der Waals surface area contributed by atoms with Crippen molar-refractivity contribution in [3.05, 3.63) is 59.8 Å². The summed E-state index contributed by atoms with van der Waals surface area (Å²) in [6.07, 6.45) is 3.78. The number of aliphatic hydroxyl groups excluding tert-OH is 1. The summed E-state index contributed by atoms with van der Waals surface area (Å²) >= 11 is 0. The first-order chi connectivity index (χ1) is 12.2. The predicted molar refractivity (Wildman–Crippen MR) is 96.1 cm³/mol. The second-order valence-corrected chi connectivity index (χ2v) is 6.93. The topological polar surface area (TPSA) is 65.5 Å². The van der Waals surface area contributed by atoms with Crippen LogP contribution in [0.25, 0.3) is 0 Å². The van der Waals surface area contributed by atoms with Crippen molar-refractivity contribution in [2.24, 2.45) is 5.92 Å². The zero-order chi connectivity index (χ0) is 17.2. The van der Waals surface area contributed by atoms with Crippen LogP contribution in [0.3, 0.4) is 0 Å². The number of amides is 1. The summed E-state index contributed by atoms with van der Waals surface area (Å²) < 4.78 is 0. The van der Waals surface area contributed by atoms with Gasteiger partial charge in [0.05, 0.1) is 6.10 Å². The molecule has 1 aromatic carbocycles. The summed E-state index contributed by atoms with van der Waals surface area (Å²) in [5, 5.41) is 13.5. The van der Waals surface area contributed by atoms with Crippen LogP contribution in [0.15, 0.2) is 48.7 Å². The Morgan fingerprint density at radius 1 is 1.12 bits per heavy atom. The van der Waals surface area contributed by atoms with E-state index < -0.39 is 6.10 Å². The van der Waals surface area contributed by atoms with Gasteiger partial charge in [-0.25, -0.2) is 4.98 Å². The number of carbonyl (C=O) groups is 1. The number of likely N-dealkylation sites (tertiary alicyclic amines) is 1. The van der Waals surface area contributed by atoms with Crippen molar-refractivity contribution in [3.63, 3.8) is 0 Å². The quantitative estimate of drug-likeness (QED) is 0.903. The number of nitrogens with one attached hydrogen (secondary N) is 1. The maximum atomic E-state index is 12.4. The number of fused-ring (bicyclic) bond motifs is 1. The number of pyridine rings is 1. The lowest BCUT2D eigenvalue weighted by atomic mass is 9.94. The number of anilines is 1. The number of nitrogens with zero attached hydrogens (tertiary/aromatic N) is 2. The van der Waals surface area contributed by atoms with E-state index in [-0.39, 0.29) is 17.9 Å². The van der Waals surface area contributed by atoms with E-state index in [0.717, 1.165) is 37.9 Å². The highest BCUT2D eigenvalue weighted by molar-refractivity contribution is 5.91. The van der Waals surface area contributed by atoms with E-state index >= 15 is 0 Å². The van der Waals surface area contributed by atoms with Crippen molar-refractivity contribution in [3.8, 4) is 0 Å². The van der Waals surface area contributed by atoms with Crippen molar-refractivity contribution in [1.82, 2.24) is 9.88 Å². The molecule has 2 aromatic rings. The van der Waals surface area contributed by atoms with Gasteiger partial charge in [0.1, 0.15) is 5.82 Å². The molecule has 1 saturated heterocycles. The van der Waals surface area contributed by atoms with Gasteiger partial charge < -0.3 is 10.4 Å². The number of aromatic nitrogens is 1. The third kappa shape index (κ3) is 3.30. The van der Waals surface area contributed by atoms with E-state index in [1.807, 2.05) is 30.3 Å². The fraction of sp³-hybridized carbons (Fsp3) is 0.400. The lowest BCUT2D eigenvalue weighted by Crippen LogP contribution is -2.45. The molecule has 2 N–H and O–H groups in total. The molecule has 0 saturated carbocycles. The van der Waals surface area contributed by atoms with E-state index in [2.05, 4.69) is 21.3 Å². The molecule has 5 heteroatoms. The molecule has 2 atom stereocenters. The lowest BCUT2D eigenvalue weighted by molar-refractivity contribution is -0.121. The van der Waals surface area contributed by atoms with Crippen molar-refractivity contribution in [2.75, 3.05) is 18.4 Å². The van der Waals surface area contributed by atoms with Crippen LogP contribution in [0.5, 0.6) is 0 Å². The summed E-state index contributed by atoms with van der Waals surface area (Å²) in [6.45, 7) is 1.69. The van der Waals surface area contributed by atoms with Gasteiger partial charge in [-0.1, -0.05) is 30.3 Å². The molecule has 2 aliphatic rings. The maximum absolute atomic E-state index is 12.4. The number of carbonyl (C=O) groups excluding carboxylic acids is 1. The van der Waals surface area contributed by atoms with E-state index in [9.17, 15) is 9.90 Å². The van der Waals surface area contributed by atoms with Crippen LogP contribution in [-0.4, -0.2) is 40.0 Å². The second-order valence-electron chi connectivity index (χ2n) is 6.93. The fourth-order valence-corrected chi connectivity index (χ4v) is 4.04. The van der Waals surface area contributed by atoms with Crippen molar-refractivity contribution < 1.29 is 9.90 Å².